The van der Waals surface area contributed by atoms with Crippen LogP contribution in [0.5, 0.6) is 0 Å². The molecule has 1 amide bonds. The number of amides is 1. The molecule has 2 atom stereocenters. The van der Waals surface area contributed by atoms with Crippen molar-refractivity contribution < 1.29 is 4.79 Å². The van der Waals surface area contributed by atoms with Crippen LogP contribution >= 0.6 is 24.8 Å². The van der Waals surface area contributed by atoms with Gasteiger partial charge >= 0.3 is 0 Å². The van der Waals surface area contributed by atoms with Crippen molar-refractivity contribution in [2.24, 2.45) is 11.7 Å². The van der Waals surface area contributed by atoms with Crippen LogP contribution in [0.4, 0.5) is 0 Å². The molecule has 2 aliphatic rings. The van der Waals surface area contributed by atoms with E-state index in [1.165, 1.54) is 12.8 Å². The van der Waals surface area contributed by atoms with E-state index < -0.39 is 0 Å². The van der Waals surface area contributed by atoms with Crippen LogP contribution in [0, 0.1) is 5.92 Å². The van der Waals surface area contributed by atoms with Crippen molar-refractivity contribution in [2.45, 2.75) is 51.2 Å². The second-order valence-electron chi connectivity index (χ2n) is 5.49. The molecule has 1 heterocycles. The molecular weight excluding hydrogens is 273 g/mol. The molecule has 6 heteroatoms. The van der Waals surface area contributed by atoms with Crippen molar-refractivity contribution in [3.05, 3.63) is 0 Å². The van der Waals surface area contributed by atoms with Gasteiger partial charge in [-0.1, -0.05) is 13.8 Å². The Labute approximate surface area is 122 Å². The van der Waals surface area contributed by atoms with E-state index in [0.29, 0.717) is 6.04 Å². The van der Waals surface area contributed by atoms with Crippen molar-refractivity contribution in [3.8, 4) is 0 Å². The van der Waals surface area contributed by atoms with E-state index in [9.17, 15) is 4.79 Å². The molecule has 1 saturated carbocycles. The first-order valence-electron chi connectivity index (χ1n) is 6.38. The summed E-state index contributed by atoms with van der Waals surface area (Å²) >= 11 is 0. The normalized spacial score (nSPS) is 25.2. The fraction of sp³-hybridized carbons (Fsp3) is 0.917. The van der Waals surface area contributed by atoms with Gasteiger partial charge in [-0.05, 0) is 25.2 Å². The highest BCUT2D eigenvalue weighted by molar-refractivity contribution is 5.85. The summed E-state index contributed by atoms with van der Waals surface area (Å²) in [5, 5.41) is 3.07. The molecule has 0 radical (unpaired) electrons. The van der Waals surface area contributed by atoms with E-state index in [1.807, 2.05) is 13.8 Å². The third kappa shape index (κ3) is 4.57. The Morgan fingerprint density at radius 3 is 2.39 bits per heavy atom. The highest BCUT2D eigenvalue weighted by atomic mass is 35.5. The van der Waals surface area contributed by atoms with Crippen molar-refractivity contribution >= 4 is 30.7 Å². The van der Waals surface area contributed by atoms with Gasteiger partial charge in [-0.15, -0.1) is 24.8 Å². The Hall–Kier alpha value is -0.0300. The van der Waals surface area contributed by atoms with Gasteiger partial charge in [0.1, 0.15) is 0 Å². The number of nitrogens with two attached hydrogens (primary N) is 1. The monoisotopic (exact) mass is 297 g/mol. The van der Waals surface area contributed by atoms with E-state index in [-0.39, 0.29) is 42.7 Å². The third-order valence-corrected chi connectivity index (χ3v) is 3.65. The second-order valence-corrected chi connectivity index (χ2v) is 5.49. The molecule has 0 spiro atoms. The average molecular weight is 298 g/mol. The van der Waals surface area contributed by atoms with Crippen LogP contribution in [-0.2, 0) is 4.79 Å². The maximum atomic E-state index is 11.8. The van der Waals surface area contributed by atoms with Crippen molar-refractivity contribution in [3.63, 3.8) is 0 Å². The first-order valence-corrected chi connectivity index (χ1v) is 6.38. The second kappa shape index (κ2) is 7.53. The zero-order chi connectivity index (χ0) is 11.7. The quantitative estimate of drug-likeness (QED) is 0.819. The molecule has 18 heavy (non-hydrogen) atoms. The number of carbonyl (C=O) groups is 1. The molecular formula is C12H25Cl2N3O. The summed E-state index contributed by atoms with van der Waals surface area (Å²) < 4.78 is 0. The van der Waals surface area contributed by atoms with Crippen LogP contribution in [-0.4, -0.2) is 42.0 Å². The Morgan fingerprint density at radius 1 is 1.28 bits per heavy atom. The first kappa shape index (κ1) is 18.0. The van der Waals surface area contributed by atoms with Crippen LogP contribution in [0.25, 0.3) is 0 Å². The van der Waals surface area contributed by atoms with E-state index in [4.69, 9.17) is 5.73 Å². The van der Waals surface area contributed by atoms with Gasteiger partial charge < -0.3 is 11.1 Å². The minimum absolute atomic E-state index is 0. The summed E-state index contributed by atoms with van der Waals surface area (Å²) in [4.78, 5) is 14.3. The predicted molar refractivity (Wildman–Crippen MR) is 78.5 cm³/mol. The summed E-state index contributed by atoms with van der Waals surface area (Å²) in [6, 6.07) is 0.758. The van der Waals surface area contributed by atoms with Crippen molar-refractivity contribution in [2.75, 3.05) is 13.1 Å². The lowest BCUT2D eigenvalue weighted by atomic mass is 10.0. The summed E-state index contributed by atoms with van der Waals surface area (Å²) in [6.45, 7) is 6.11. The van der Waals surface area contributed by atoms with Crippen LogP contribution in [0.15, 0.2) is 0 Å². The molecule has 1 saturated heterocycles. The molecule has 0 aromatic rings. The minimum atomic E-state index is -0.366. The van der Waals surface area contributed by atoms with Gasteiger partial charge in [-0.2, -0.15) is 0 Å². The van der Waals surface area contributed by atoms with Crippen LogP contribution < -0.4 is 11.1 Å². The fourth-order valence-corrected chi connectivity index (χ4v) is 2.28. The molecule has 0 bridgehead atoms. The van der Waals surface area contributed by atoms with Crippen LogP contribution in [0.2, 0.25) is 0 Å². The molecule has 4 nitrogen and oxygen atoms in total. The molecule has 2 fully saturated rings. The SMILES string of the molecule is CC(C)[C@H](N)C(=O)NC1CCN(C2CC2)C1.Cl.Cl. The number of rotatable bonds is 4. The third-order valence-electron chi connectivity index (χ3n) is 3.65. The molecule has 3 N–H and O–H groups in total. The summed E-state index contributed by atoms with van der Waals surface area (Å²) in [7, 11) is 0. The number of carbonyl (C=O) groups excluding carboxylic acids is 1. The standard InChI is InChI=1S/C12H23N3O.2ClH/c1-8(2)11(13)12(16)14-9-5-6-15(7-9)10-3-4-10;;/h8-11H,3-7,13H2,1-2H3,(H,14,16);2*1H/t9?,11-;;/m0../s1. The predicted octanol–water partition coefficient (Wildman–Crippen LogP) is 1.17. The van der Waals surface area contributed by atoms with Gasteiger partial charge in [0.15, 0.2) is 0 Å². The lowest BCUT2D eigenvalue weighted by Gasteiger charge is -2.19. The van der Waals surface area contributed by atoms with Gasteiger partial charge in [-0.25, -0.2) is 0 Å². The summed E-state index contributed by atoms with van der Waals surface area (Å²) in [5.41, 5.74) is 5.82. The Balaban J connectivity index is 0.00000144. The van der Waals surface area contributed by atoms with Gasteiger partial charge in [0.05, 0.1) is 6.04 Å². The lowest BCUT2D eigenvalue weighted by molar-refractivity contribution is -0.123. The largest absolute Gasteiger partial charge is 0.351 e. The van der Waals surface area contributed by atoms with Crippen molar-refractivity contribution in [1.29, 1.82) is 0 Å². The molecule has 1 unspecified atom stereocenters. The number of nitrogens with one attached hydrogen (secondary N) is 1. The van der Waals surface area contributed by atoms with Gasteiger partial charge in [-0.3, -0.25) is 9.69 Å². The number of halogens is 2. The molecule has 1 aliphatic carbocycles. The van der Waals surface area contributed by atoms with Crippen molar-refractivity contribution in [1.82, 2.24) is 10.2 Å². The van der Waals surface area contributed by atoms with Crippen LogP contribution in [0.3, 0.4) is 0 Å². The maximum absolute atomic E-state index is 11.8. The van der Waals surface area contributed by atoms with Crippen LogP contribution in [0.1, 0.15) is 33.1 Å². The van der Waals surface area contributed by atoms with Gasteiger partial charge in [0.2, 0.25) is 5.91 Å². The summed E-state index contributed by atoms with van der Waals surface area (Å²) in [6.07, 6.45) is 3.76. The lowest BCUT2D eigenvalue weighted by Crippen LogP contribution is -2.48. The number of nitrogens with zero attached hydrogens (tertiary/aromatic N) is 1. The fourth-order valence-electron chi connectivity index (χ4n) is 2.28. The number of hydrogen-bond donors (Lipinski definition) is 2. The highest BCUT2D eigenvalue weighted by Crippen LogP contribution is 2.29. The van der Waals surface area contributed by atoms with Gasteiger partial charge in [0.25, 0.3) is 0 Å². The van der Waals surface area contributed by atoms with E-state index in [1.54, 1.807) is 0 Å². The molecule has 2 rings (SSSR count). The molecule has 1 aliphatic heterocycles. The number of hydrogen-bond acceptors (Lipinski definition) is 3. The number of likely N-dealkylation sites (tertiary alicyclic amines) is 1. The smallest absolute Gasteiger partial charge is 0.237 e. The minimum Gasteiger partial charge on any atom is -0.351 e. The first-order chi connectivity index (χ1) is 7.58. The zero-order valence-corrected chi connectivity index (χ0v) is 12.7. The van der Waals surface area contributed by atoms with E-state index in [0.717, 1.165) is 25.6 Å². The highest BCUT2D eigenvalue weighted by Gasteiger charge is 2.35. The molecule has 108 valence electrons. The molecule has 0 aromatic carbocycles. The Bertz CT molecular complexity index is 272. The van der Waals surface area contributed by atoms with E-state index >= 15 is 0 Å². The Morgan fingerprint density at radius 2 is 1.89 bits per heavy atom. The van der Waals surface area contributed by atoms with Gasteiger partial charge in [0, 0.05) is 25.2 Å². The topological polar surface area (TPSA) is 58.4 Å². The Kier molecular flexibility index (Phi) is 7.52. The zero-order valence-electron chi connectivity index (χ0n) is 11.1. The van der Waals surface area contributed by atoms with E-state index in [2.05, 4.69) is 10.2 Å². The molecule has 0 aromatic heterocycles. The summed E-state index contributed by atoms with van der Waals surface area (Å²) in [5.74, 6) is 0.221. The average Bonchev–Trinajstić information content (AvgIpc) is 2.99. The maximum Gasteiger partial charge on any atom is 0.237 e.